The van der Waals surface area contributed by atoms with Gasteiger partial charge in [-0.2, -0.15) is 0 Å². The normalized spacial score (nSPS) is 22.4. The van der Waals surface area contributed by atoms with Gasteiger partial charge in [-0.25, -0.2) is 0 Å². The van der Waals surface area contributed by atoms with Gasteiger partial charge in [-0.3, -0.25) is 4.90 Å². The van der Waals surface area contributed by atoms with E-state index in [1.807, 2.05) is 18.4 Å². The molecule has 15 heavy (non-hydrogen) atoms. The van der Waals surface area contributed by atoms with E-state index in [2.05, 4.69) is 29.3 Å². The monoisotopic (exact) mass is 224 g/mol. The van der Waals surface area contributed by atoms with Crippen LogP contribution in [0, 0.1) is 0 Å². The zero-order chi connectivity index (χ0) is 10.7. The van der Waals surface area contributed by atoms with Gasteiger partial charge in [-0.05, 0) is 45.5 Å². The minimum absolute atomic E-state index is 0.778. The molecule has 1 aromatic rings. The van der Waals surface area contributed by atoms with E-state index < -0.39 is 0 Å². The fourth-order valence-electron chi connectivity index (χ4n) is 2.20. The standard InChI is InChI=1S/C12H20N2S/c1-10-4-3-7-14(10)9-12-6-5-11(15-12)8-13-2/h5-6,10,13H,3-4,7-9H2,1-2H3. The molecule has 3 heteroatoms. The smallest absolute Gasteiger partial charge is 0.0330 e. The Bertz CT molecular complexity index is 308. The van der Waals surface area contributed by atoms with Crippen molar-refractivity contribution < 1.29 is 0 Å². The molecule has 0 spiro atoms. The molecule has 1 aromatic heterocycles. The maximum atomic E-state index is 3.20. The van der Waals surface area contributed by atoms with E-state index >= 15 is 0 Å². The van der Waals surface area contributed by atoms with Gasteiger partial charge in [-0.15, -0.1) is 11.3 Å². The molecule has 2 rings (SSSR count). The van der Waals surface area contributed by atoms with Gasteiger partial charge >= 0.3 is 0 Å². The molecular weight excluding hydrogens is 204 g/mol. The van der Waals surface area contributed by atoms with Crippen LogP contribution in [0.3, 0.4) is 0 Å². The number of nitrogens with one attached hydrogen (secondary N) is 1. The van der Waals surface area contributed by atoms with Gasteiger partial charge in [0, 0.05) is 28.9 Å². The number of rotatable bonds is 4. The molecule has 2 heterocycles. The van der Waals surface area contributed by atoms with Gasteiger partial charge in [0.05, 0.1) is 0 Å². The Morgan fingerprint density at radius 2 is 2.27 bits per heavy atom. The van der Waals surface area contributed by atoms with Gasteiger partial charge in [0.15, 0.2) is 0 Å². The summed E-state index contributed by atoms with van der Waals surface area (Å²) in [6, 6.07) is 5.31. The lowest BCUT2D eigenvalue weighted by Gasteiger charge is -2.19. The predicted octanol–water partition coefficient (Wildman–Crippen LogP) is 2.45. The molecule has 1 fully saturated rings. The summed E-state index contributed by atoms with van der Waals surface area (Å²) in [5.74, 6) is 0. The van der Waals surface area contributed by atoms with Gasteiger partial charge in [0.1, 0.15) is 0 Å². The highest BCUT2D eigenvalue weighted by Crippen LogP contribution is 2.23. The van der Waals surface area contributed by atoms with Crippen LogP contribution in [0.15, 0.2) is 12.1 Å². The Hall–Kier alpha value is -0.380. The Balaban J connectivity index is 1.92. The second-order valence-corrected chi connectivity index (χ2v) is 5.61. The predicted molar refractivity (Wildman–Crippen MR) is 66.2 cm³/mol. The van der Waals surface area contributed by atoms with E-state index in [9.17, 15) is 0 Å². The largest absolute Gasteiger partial charge is 0.315 e. The van der Waals surface area contributed by atoms with Crippen molar-refractivity contribution in [3.05, 3.63) is 21.9 Å². The summed E-state index contributed by atoms with van der Waals surface area (Å²) in [4.78, 5) is 5.54. The van der Waals surface area contributed by atoms with E-state index in [4.69, 9.17) is 0 Å². The van der Waals surface area contributed by atoms with Crippen LogP contribution >= 0.6 is 11.3 Å². The van der Waals surface area contributed by atoms with Gasteiger partial charge < -0.3 is 5.32 Å². The molecule has 0 radical (unpaired) electrons. The third-order valence-electron chi connectivity index (χ3n) is 3.12. The number of likely N-dealkylation sites (tertiary alicyclic amines) is 1. The third kappa shape index (κ3) is 2.80. The first-order valence-electron chi connectivity index (χ1n) is 5.76. The lowest BCUT2D eigenvalue weighted by atomic mass is 10.2. The van der Waals surface area contributed by atoms with Crippen LogP contribution in [0.2, 0.25) is 0 Å². The highest BCUT2D eigenvalue weighted by Gasteiger charge is 2.20. The van der Waals surface area contributed by atoms with Crippen LogP contribution in [0.5, 0.6) is 0 Å². The number of hydrogen-bond donors (Lipinski definition) is 1. The van der Waals surface area contributed by atoms with Crippen LogP contribution in [0.1, 0.15) is 29.5 Å². The quantitative estimate of drug-likeness (QED) is 0.845. The van der Waals surface area contributed by atoms with Crippen LogP contribution in [0.25, 0.3) is 0 Å². The lowest BCUT2D eigenvalue weighted by Crippen LogP contribution is -2.25. The minimum atomic E-state index is 0.778. The van der Waals surface area contributed by atoms with E-state index in [1.165, 1.54) is 29.1 Å². The van der Waals surface area contributed by atoms with Crippen molar-refractivity contribution in [2.24, 2.45) is 0 Å². The van der Waals surface area contributed by atoms with Gasteiger partial charge in [0.25, 0.3) is 0 Å². The molecule has 1 unspecified atom stereocenters. The second-order valence-electron chi connectivity index (χ2n) is 4.36. The topological polar surface area (TPSA) is 15.3 Å². The molecule has 84 valence electrons. The molecule has 1 aliphatic rings. The molecule has 1 aliphatic heterocycles. The van der Waals surface area contributed by atoms with Crippen LogP contribution in [-0.4, -0.2) is 24.5 Å². The van der Waals surface area contributed by atoms with E-state index in [-0.39, 0.29) is 0 Å². The average Bonchev–Trinajstić information content (AvgIpc) is 2.79. The molecule has 1 N–H and O–H groups in total. The lowest BCUT2D eigenvalue weighted by molar-refractivity contribution is 0.262. The summed E-state index contributed by atoms with van der Waals surface area (Å²) in [5, 5.41) is 3.20. The van der Waals surface area contributed by atoms with Crippen molar-refractivity contribution >= 4 is 11.3 Å². The first-order valence-corrected chi connectivity index (χ1v) is 6.57. The summed E-state index contributed by atoms with van der Waals surface area (Å²) in [5.41, 5.74) is 0. The SMILES string of the molecule is CNCc1ccc(CN2CCCC2C)s1. The van der Waals surface area contributed by atoms with E-state index in [0.29, 0.717) is 0 Å². The fraction of sp³-hybridized carbons (Fsp3) is 0.667. The summed E-state index contributed by atoms with van der Waals surface area (Å²) in [6.07, 6.45) is 2.74. The molecule has 0 aliphatic carbocycles. The summed E-state index contributed by atoms with van der Waals surface area (Å²) in [6.45, 7) is 5.77. The van der Waals surface area contributed by atoms with Crippen molar-refractivity contribution in [2.45, 2.75) is 38.9 Å². The summed E-state index contributed by atoms with van der Waals surface area (Å²) >= 11 is 1.94. The Kier molecular flexibility index (Phi) is 3.78. The maximum absolute atomic E-state index is 3.20. The molecule has 2 nitrogen and oxygen atoms in total. The highest BCUT2D eigenvalue weighted by molar-refractivity contribution is 7.11. The molecule has 0 bridgehead atoms. The van der Waals surface area contributed by atoms with Crippen molar-refractivity contribution in [1.29, 1.82) is 0 Å². The number of thiophene rings is 1. The molecule has 0 aromatic carbocycles. The van der Waals surface area contributed by atoms with Crippen molar-refractivity contribution in [3.63, 3.8) is 0 Å². The maximum Gasteiger partial charge on any atom is 0.0330 e. The van der Waals surface area contributed by atoms with Gasteiger partial charge in [-0.1, -0.05) is 0 Å². The van der Waals surface area contributed by atoms with Crippen molar-refractivity contribution in [1.82, 2.24) is 10.2 Å². The summed E-state index contributed by atoms with van der Waals surface area (Å²) in [7, 11) is 2.00. The van der Waals surface area contributed by atoms with Crippen LogP contribution in [-0.2, 0) is 13.1 Å². The van der Waals surface area contributed by atoms with Crippen LogP contribution in [0.4, 0.5) is 0 Å². The Morgan fingerprint density at radius 3 is 2.93 bits per heavy atom. The highest BCUT2D eigenvalue weighted by atomic mass is 32.1. The minimum Gasteiger partial charge on any atom is -0.315 e. The first-order chi connectivity index (χ1) is 7.29. The van der Waals surface area contributed by atoms with Crippen molar-refractivity contribution in [2.75, 3.05) is 13.6 Å². The molecule has 1 atom stereocenters. The van der Waals surface area contributed by atoms with Crippen molar-refractivity contribution in [3.8, 4) is 0 Å². The van der Waals surface area contributed by atoms with E-state index in [0.717, 1.165) is 19.1 Å². The average molecular weight is 224 g/mol. The molecule has 1 saturated heterocycles. The summed E-state index contributed by atoms with van der Waals surface area (Å²) < 4.78 is 0. The fourth-order valence-corrected chi connectivity index (χ4v) is 3.26. The molecule has 0 saturated carbocycles. The van der Waals surface area contributed by atoms with Crippen LogP contribution < -0.4 is 5.32 Å². The number of nitrogens with zero attached hydrogens (tertiary/aromatic N) is 1. The molecular formula is C12H20N2S. The zero-order valence-electron chi connectivity index (χ0n) is 9.62. The first kappa shape index (κ1) is 11.1. The number of hydrogen-bond acceptors (Lipinski definition) is 3. The Labute approximate surface area is 96.3 Å². The Morgan fingerprint density at radius 1 is 1.47 bits per heavy atom. The third-order valence-corrected chi connectivity index (χ3v) is 4.19. The molecule has 0 amide bonds. The zero-order valence-corrected chi connectivity index (χ0v) is 10.4. The van der Waals surface area contributed by atoms with Gasteiger partial charge in [0.2, 0.25) is 0 Å². The van der Waals surface area contributed by atoms with E-state index in [1.54, 1.807) is 0 Å². The second kappa shape index (κ2) is 5.10.